The smallest absolute Gasteiger partial charge is 0.319 e. The van der Waals surface area contributed by atoms with Gasteiger partial charge >= 0.3 is 6.01 Å². The van der Waals surface area contributed by atoms with Crippen molar-refractivity contribution in [2.45, 2.75) is 24.9 Å². The van der Waals surface area contributed by atoms with Gasteiger partial charge in [0.1, 0.15) is 0 Å². The number of rotatable bonds is 5. The Bertz CT molecular complexity index is 526. The molecule has 1 atom stereocenters. The number of ether oxygens (including phenoxy) is 3. The van der Waals surface area contributed by atoms with Crippen LogP contribution < -0.4 is 9.47 Å². The zero-order valence-electron chi connectivity index (χ0n) is 13.8. The normalized spacial score (nSPS) is 24.6. The van der Waals surface area contributed by atoms with Crippen molar-refractivity contribution in [2.75, 3.05) is 47.1 Å². The van der Waals surface area contributed by atoms with Crippen molar-refractivity contribution in [3.63, 3.8) is 0 Å². The molecule has 0 saturated carbocycles. The van der Waals surface area contributed by atoms with Gasteiger partial charge in [0.25, 0.3) is 0 Å². The van der Waals surface area contributed by atoms with Gasteiger partial charge in [-0.25, -0.2) is 4.98 Å². The number of likely N-dealkylation sites (tertiary alicyclic amines) is 1. The second-order valence-electron chi connectivity index (χ2n) is 6.34. The number of piperidine rings is 1. The topological polar surface area (TPSA) is 76.9 Å². The van der Waals surface area contributed by atoms with E-state index in [0.717, 1.165) is 39.3 Å². The van der Waals surface area contributed by atoms with Gasteiger partial charge in [0.15, 0.2) is 0 Å². The number of hydrogen-bond acceptors (Lipinski definition) is 7. The molecule has 2 saturated heterocycles. The van der Waals surface area contributed by atoms with Crippen molar-refractivity contribution in [1.29, 1.82) is 0 Å². The largest absolute Gasteiger partial charge is 0.481 e. The number of hydrogen-bond donors (Lipinski definition) is 1. The lowest BCUT2D eigenvalue weighted by Crippen LogP contribution is -2.44. The summed E-state index contributed by atoms with van der Waals surface area (Å²) in [7, 11) is 3.05. The van der Waals surface area contributed by atoms with Crippen LogP contribution in [0.25, 0.3) is 0 Å². The summed E-state index contributed by atoms with van der Waals surface area (Å²) < 4.78 is 15.8. The van der Waals surface area contributed by atoms with E-state index in [-0.39, 0.29) is 6.01 Å². The molecule has 23 heavy (non-hydrogen) atoms. The van der Waals surface area contributed by atoms with E-state index in [9.17, 15) is 5.11 Å². The van der Waals surface area contributed by atoms with Crippen molar-refractivity contribution >= 4 is 0 Å². The van der Waals surface area contributed by atoms with Crippen LogP contribution in [0.5, 0.6) is 11.9 Å². The van der Waals surface area contributed by atoms with Gasteiger partial charge in [0, 0.05) is 32.4 Å². The summed E-state index contributed by atoms with van der Waals surface area (Å²) in [5, 5.41) is 11.0. The van der Waals surface area contributed by atoms with Gasteiger partial charge in [-0.2, -0.15) is 4.98 Å². The van der Waals surface area contributed by atoms with Gasteiger partial charge in [0.05, 0.1) is 32.0 Å². The summed E-state index contributed by atoms with van der Waals surface area (Å²) in [5.41, 5.74) is -0.301. The van der Waals surface area contributed by atoms with E-state index < -0.39 is 5.60 Å². The minimum atomic E-state index is -0.944. The molecule has 0 aliphatic carbocycles. The van der Waals surface area contributed by atoms with Crippen LogP contribution in [0.2, 0.25) is 0 Å². The molecule has 7 nitrogen and oxygen atoms in total. The number of nitrogens with zero attached hydrogens (tertiary/aromatic N) is 3. The van der Waals surface area contributed by atoms with Crippen molar-refractivity contribution in [3.8, 4) is 11.9 Å². The fraction of sp³-hybridized carbons (Fsp3) is 0.750. The highest BCUT2D eigenvalue weighted by atomic mass is 16.5. The third-order valence-corrected chi connectivity index (χ3v) is 4.83. The molecule has 0 radical (unpaired) electrons. The second kappa shape index (κ2) is 6.98. The molecule has 0 bridgehead atoms. The molecular weight excluding hydrogens is 298 g/mol. The SMILES string of the molecule is COc1ncc(C2(O)CCN(C[C@H]3CCOC3)CC2)c(OC)n1. The predicted octanol–water partition coefficient (Wildman–Crippen LogP) is 0.814. The van der Waals surface area contributed by atoms with Crippen LogP contribution in [0.4, 0.5) is 0 Å². The van der Waals surface area contributed by atoms with Crippen LogP contribution in [-0.4, -0.2) is 67.0 Å². The fourth-order valence-corrected chi connectivity index (χ4v) is 3.39. The third kappa shape index (κ3) is 3.57. The van der Waals surface area contributed by atoms with Gasteiger partial charge in [-0.15, -0.1) is 0 Å². The maximum Gasteiger partial charge on any atom is 0.319 e. The van der Waals surface area contributed by atoms with Crippen molar-refractivity contribution in [3.05, 3.63) is 11.8 Å². The number of methoxy groups -OCH3 is 2. The standard InChI is InChI=1S/C16H25N3O4/c1-21-14-13(9-17-15(18-14)22-2)16(20)4-6-19(7-5-16)10-12-3-8-23-11-12/h9,12,20H,3-8,10-11H2,1-2H3/t12-/m1/s1. The fourth-order valence-electron chi connectivity index (χ4n) is 3.39. The lowest BCUT2D eigenvalue weighted by atomic mass is 9.85. The molecule has 0 unspecified atom stereocenters. The Balaban J connectivity index is 1.66. The summed E-state index contributed by atoms with van der Waals surface area (Å²) in [6, 6.07) is 0.243. The first-order chi connectivity index (χ1) is 11.1. The molecule has 0 amide bonds. The molecular formula is C16H25N3O4. The lowest BCUT2D eigenvalue weighted by Gasteiger charge is -2.39. The molecule has 7 heteroatoms. The highest BCUT2D eigenvalue weighted by Crippen LogP contribution is 2.37. The Hall–Kier alpha value is -1.44. The first-order valence-electron chi connectivity index (χ1n) is 8.12. The molecule has 2 aliphatic heterocycles. The zero-order chi connectivity index (χ0) is 16.3. The summed E-state index contributed by atoms with van der Waals surface area (Å²) >= 11 is 0. The van der Waals surface area contributed by atoms with E-state index in [1.165, 1.54) is 7.11 Å². The summed E-state index contributed by atoms with van der Waals surface area (Å²) in [4.78, 5) is 10.7. The molecule has 2 fully saturated rings. The summed E-state index contributed by atoms with van der Waals surface area (Å²) in [5.74, 6) is 1.01. The van der Waals surface area contributed by atoms with E-state index in [4.69, 9.17) is 14.2 Å². The van der Waals surface area contributed by atoms with Crippen LogP contribution in [0.15, 0.2) is 6.20 Å². The lowest BCUT2D eigenvalue weighted by molar-refractivity contribution is -0.0312. The maximum atomic E-state index is 11.0. The minimum Gasteiger partial charge on any atom is -0.481 e. The Morgan fingerprint density at radius 3 is 2.74 bits per heavy atom. The monoisotopic (exact) mass is 323 g/mol. The van der Waals surface area contributed by atoms with E-state index in [1.807, 2.05) is 0 Å². The van der Waals surface area contributed by atoms with Crippen LogP contribution in [-0.2, 0) is 10.3 Å². The molecule has 3 rings (SSSR count). The van der Waals surface area contributed by atoms with Gasteiger partial charge in [0.2, 0.25) is 5.88 Å². The predicted molar refractivity (Wildman–Crippen MR) is 83.6 cm³/mol. The minimum absolute atomic E-state index is 0.243. The molecule has 128 valence electrons. The Labute approximate surface area is 136 Å². The second-order valence-corrected chi connectivity index (χ2v) is 6.34. The van der Waals surface area contributed by atoms with Crippen LogP contribution in [0.3, 0.4) is 0 Å². The van der Waals surface area contributed by atoms with Crippen LogP contribution >= 0.6 is 0 Å². The van der Waals surface area contributed by atoms with Gasteiger partial charge in [-0.05, 0) is 25.2 Å². The average Bonchev–Trinajstić information content (AvgIpc) is 3.09. The Kier molecular flexibility index (Phi) is 4.99. The van der Waals surface area contributed by atoms with E-state index in [2.05, 4.69) is 14.9 Å². The summed E-state index contributed by atoms with van der Waals surface area (Å²) in [6.45, 7) is 4.49. The van der Waals surface area contributed by atoms with Crippen molar-refractivity contribution in [1.82, 2.24) is 14.9 Å². The Morgan fingerprint density at radius 2 is 2.13 bits per heavy atom. The van der Waals surface area contributed by atoms with E-state index in [0.29, 0.717) is 30.2 Å². The first kappa shape index (κ1) is 16.4. The van der Waals surface area contributed by atoms with Crippen molar-refractivity contribution < 1.29 is 19.3 Å². The highest BCUT2D eigenvalue weighted by molar-refractivity contribution is 5.31. The molecule has 1 aromatic rings. The Morgan fingerprint density at radius 1 is 1.35 bits per heavy atom. The molecule has 3 heterocycles. The van der Waals surface area contributed by atoms with E-state index in [1.54, 1.807) is 13.3 Å². The zero-order valence-corrected chi connectivity index (χ0v) is 13.8. The molecule has 1 aromatic heterocycles. The van der Waals surface area contributed by atoms with Crippen molar-refractivity contribution in [2.24, 2.45) is 5.92 Å². The number of aliphatic hydroxyl groups is 1. The van der Waals surface area contributed by atoms with Crippen LogP contribution in [0, 0.1) is 5.92 Å². The maximum absolute atomic E-state index is 11.0. The molecule has 2 aliphatic rings. The summed E-state index contributed by atoms with van der Waals surface area (Å²) in [6.07, 6.45) is 4.05. The van der Waals surface area contributed by atoms with Gasteiger partial charge in [-0.1, -0.05) is 0 Å². The number of aromatic nitrogens is 2. The van der Waals surface area contributed by atoms with Crippen LogP contribution in [0.1, 0.15) is 24.8 Å². The van der Waals surface area contributed by atoms with Gasteiger partial charge < -0.3 is 24.2 Å². The molecule has 0 aromatic carbocycles. The third-order valence-electron chi connectivity index (χ3n) is 4.83. The first-order valence-corrected chi connectivity index (χ1v) is 8.12. The van der Waals surface area contributed by atoms with Gasteiger partial charge in [-0.3, -0.25) is 0 Å². The highest BCUT2D eigenvalue weighted by Gasteiger charge is 2.38. The average molecular weight is 323 g/mol. The van der Waals surface area contributed by atoms with E-state index >= 15 is 0 Å². The molecule has 0 spiro atoms. The molecule has 1 N–H and O–H groups in total. The quantitative estimate of drug-likeness (QED) is 0.859.